The van der Waals surface area contributed by atoms with Crippen molar-refractivity contribution >= 4 is 9.84 Å². The minimum atomic E-state index is -3.00. The van der Waals surface area contributed by atoms with Gasteiger partial charge >= 0.3 is 0 Å². The highest BCUT2D eigenvalue weighted by molar-refractivity contribution is 7.90. The van der Waals surface area contributed by atoms with Gasteiger partial charge in [-0.3, -0.25) is 0 Å². The summed E-state index contributed by atoms with van der Waals surface area (Å²) in [6.07, 6.45) is 0.516. The average Bonchev–Trinajstić information content (AvgIpc) is 2.26. The van der Waals surface area contributed by atoms with Crippen molar-refractivity contribution in [1.29, 1.82) is 0 Å². The van der Waals surface area contributed by atoms with Crippen LogP contribution in [-0.4, -0.2) is 50.6 Å². The Kier molecular flexibility index (Phi) is 6.04. The lowest BCUT2D eigenvalue weighted by atomic mass is 10.1. The van der Waals surface area contributed by atoms with E-state index in [0.29, 0.717) is 13.0 Å². The van der Waals surface area contributed by atoms with E-state index in [4.69, 9.17) is 0 Å². The molecular weight excluding hydrogens is 288 g/mol. The van der Waals surface area contributed by atoms with Crippen molar-refractivity contribution in [3.05, 3.63) is 35.4 Å². The highest BCUT2D eigenvalue weighted by Gasteiger charge is 2.15. The third-order valence-electron chi connectivity index (χ3n) is 2.86. The van der Waals surface area contributed by atoms with Crippen LogP contribution < -0.4 is 0 Å². The SMILES string of the molecule is CN(CCCS(C)(=O)=O)CC(O)c1ccc(F)cc1F. The van der Waals surface area contributed by atoms with E-state index in [0.717, 1.165) is 18.4 Å². The summed E-state index contributed by atoms with van der Waals surface area (Å²) in [5, 5.41) is 9.90. The first-order valence-corrected chi connectivity index (χ1v) is 8.24. The van der Waals surface area contributed by atoms with E-state index in [9.17, 15) is 22.3 Å². The number of sulfone groups is 1. The topological polar surface area (TPSA) is 57.6 Å². The normalized spacial score (nSPS) is 13.7. The predicted octanol–water partition coefficient (Wildman–Crippen LogP) is 1.36. The molecule has 0 fully saturated rings. The van der Waals surface area contributed by atoms with Crippen LogP contribution in [0.1, 0.15) is 18.1 Å². The van der Waals surface area contributed by atoms with E-state index >= 15 is 0 Å². The molecule has 0 bridgehead atoms. The fourth-order valence-electron chi connectivity index (χ4n) is 1.85. The molecule has 0 aliphatic heterocycles. The quantitative estimate of drug-likeness (QED) is 0.826. The van der Waals surface area contributed by atoms with Gasteiger partial charge in [0.15, 0.2) is 0 Å². The monoisotopic (exact) mass is 307 g/mol. The van der Waals surface area contributed by atoms with E-state index in [1.165, 1.54) is 6.07 Å². The van der Waals surface area contributed by atoms with Gasteiger partial charge in [0, 0.05) is 24.4 Å². The van der Waals surface area contributed by atoms with Crippen molar-refractivity contribution < 1.29 is 22.3 Å². The van der Waals surface area contributed by atoms with Crippen LogP contribution >= 0.6 is 0 Å². The fourth-order valence-corrected chi connectivity index (χ4v) is 2.51. The zero-order valence-corrected chi connectivity index (χ0v) is 12.3. The van der Waals surface area contributed by atoms with Crippen LogP contribution in [0, 0.1) is 11.6 Å². The number of benzene rings is 1. The number of rotatable bonds is 7. The van der Waals surface area contributed by atoms with Gasteiger partial charge in [0.2, 0.25) is 0 Å². The van der Waals surface area contributed by atoms with Gasteiger partial charge in [0.05, 0.1) is 11.9 Å². The van der Waals surface area contributed by atoms with Crippen molar-refractivity contribution in [2.75, 3.05) is 32.1 Å². The third kappa shape index (κ3) is 5.94. The van der Waals surface area contributed by atoms with Gasteiger partial charge in [-0.25, -0.2) is 17.2 Å². The Bertz CT molecular complexity index is 549. The summed E-state index contributed by atoms with van der Waals surface area (Å²) in [5.74, 6) is -1.42. The second-order valence-electron chi connectivity index (χ2n) is 4.93. The highest BCUT2D eigenvalue weighted by Crippen LogP contribution is 2.18. The average molecular weight is 307 g/mol. The minimum absolute atomic E-state index is 0.0290. The molecule has 0 aromatic heterocycles. The summed E-state index contributed by atoms with van der Waals surface area (Å²) in [5.41, 5.74) is 0.0290. The van der Waals surface area contributed by atoms with Crippen LogP contribution in [0.3, 0.4) is 0 Å². The molecule has 1 unspecified atom stereocenters. The molecule has 0 saturated carbocycles. The summed E-state index contributed by atoms with van der Waals surface area (Å²) in [7, 11) is -1.30. The Balaban J connectivity index is 2.51. The van der Waals surface area contributed by atoms with Crippen molar-refractivity contribution in [1.82, 2.24) is 4.90 Å². The number of hydrogen-bond donors (Lipinski definition) is 1. The molecule has 0 amide bonds. The maximum atomic E-state index is 13.5. The van der Waals surface area contributed by atoms with Gasteiger partial charge in [0.25, 0.3) is 0 Å². The Labute approximate surface area is 117 Å². The zero-order valence-electron chi connectivity index (χ0n) is 11.5. The molecule has 1 aromatic carbocycles. The summed E-state index contributed by atoms with van der Waals surface area (Å²) < 4.78 is 48.2. The number of likely N-dealkylation sites (N-methyl/N-ethyl adjacent to an activating group) is 1. The largest absolute Gasteiger partial charge is 0.387 e. The molecule has 4 nitrogen and oxygen atoms in total. The molecule has 1 atom stereocenters. The first kappa shape index (κ1) is 17.0. The molecule has 0 aliphatic carbocycles. The first-order valence-electron chi connectivity index (χ1n) is 6.18. The molecule has 1 aromatic rings. The molecular formula is C13H19F2NO3S. The minimum Gasteiger partial charge on any atom is -0.387 e. The Morgan fingerprint density at radius 3 is 2.55 bits per heavy atom. The van der Waals surface area contributed by atoms with Crippen LogP contribution in [-0.2, 0) is 9.84 Å². The molecule has 20 heavy (non-hydrogen) atoms. The summed E-state index contributed by atoms with van der Waals surface area (Å²) in [6.45, 7) is 0.610. The van der Waals surface area contributed by atoms with Gasteiger partial charge < -0.3 is 10.0 Å². The number of aliphatic hydroxyl groups is 1. The van der Waals surface area contributed by atoms with Crippen molar-refractivity contribution in [2.45, 2.75) is 12.5 Å². The van der Waals surface area contributed by atoms with Crippen LogP contribution in [0.2, 0.25) is 0 Å². The number of nitrogens with zero attached hydrogens (tertiary/aromatic N) is 1. The Morgan fingerprint density at radius 2 is 2.00 bits per heavy atom. The van der Waals surface area contributed by atoms with Gasteiger partial charge in [-0.1, -0.05) is 6.07 Å². The molecule has 0 radical (unpaired) electrons. The van der Waals surface area contributed by atoms with Gasteiger partial charge in [-0.2, -0.15) is 0 Å². The Morgan fingerprint density at radius 1 is 1.35 bits per heavy atom. The van der Waals surface area contributed by atoms with Crippen LogP contribution in [0.4, 0.5) is 8.78 Å². The molecule has 0 saturated heterocycles. The van der Waals surface area contributed by atoms with Crippen molar-refractivity contribution in [2.24, 2.45) is 0 Å². The van der Waals surface area contributed by atoms with Crippen molar-refractivity contribution in [3.8, 4) is 0 Å². The summed E-state index contributed by atoms with van der Waals surface area (Å²) in [6, 6.07) is 3.02. The molecule has 0 heterocycles. The molecule has 114 valence electrons. The summed E-state index contributed by atoms with van der Waals surface area (Å²) in [4.78, 5) is 1.71. The number of halogens is 2. The third-order valence-corrected chi connectivity index (χ3v) is 3.89. The maximum Gasteiger partial charge on any atom is 0.147 e. The molecule has 0 spiro atoms. The number of hydrogen-bond acceptors (Lipinski definition) is 4. The molecule has 1 rings (SSSR count). The van der Waals surface area contributed by atoms with Gasteiger partial charge in [-0.15, -0.1) is 0 Å². The van der Waals surface area contributed by atoms with E-state index in [-0.39, 0.29) is 17.9 Å². The van der Waals surface area contributed by atoms with E-state index in [1.807, 2.05) is 0 Å². The lowest BCUT2D eigenvalue weighted by molar-refractivity contribution is 0.123. The van der Waals surface area contributed by atoms with Crippen LogP contribution in [0.25, 0.3) is 0 Å². The smallest absolute Gasteiger partial charge is 0.147 e. The highest BCUT2D eigenvalue weighted by atomic mass is 32.2. The van der Waals surface area contributed by atoms with E-state index < -0.39 is 27.6 Å². The summed E-state index contributed by atoms with van der Waals surface area (Å²) >= 11 is 0. The molecule has 1 N–H and O–H groups in total. The van der Waals surface area contributed by atoms with Gasteiger partial charge in [0.1, 0.15) is 21.5 Å². The fraction of sp³-hybridized carbons (Fsp3) is 0.538. The van der Waals surface area contributed by atoms with E-state index in [2.05, 4.69) is 0 Å². The van der Waals surface area contributed by atoms with Gasteiger partial charge in [-0.05, 0) is 26.1 Å². The van der Waals surface area contributed by atoms with Crippen LogP contribution in [0.5, 0.6) is 0 Å². The Hall–Kier alpha value is -1.05. The maximum absolute atomic E-state index is 13.5. The second-order valence-corrected chi connectivity index (χ2v) is 7.19. The van der Waals surface area contributed by atoms with Crippen molar-refractivity contribution in [3.63, 3.8) is 0 Å². The standard InChI is InChI=1S/C13H19F2NO3S/c1-16(6-3-7-20(2,18)19)9-13(17)11-5-4-10(14)8-12(11)15/h4-5,8,13,17H,3,6-7,9H2,1-2H3. The predicted molar refractivity (Wildman–Crippen MR) is 73.1 cm³/mol. The second kappa shape index (κ2) is 7.10. The first-order chi connectivity index (χ1) is 9.19. The van der Waals surface area contributed by atoms with Crippen LogP contribution in [0.15, 0.2) is 18.2 Å². The zero-order chi connectivity index (χ0) is 15.3. The van der Waals surface area contributed by atoms with E-state index in [1.54, 1.807) is 11.9 Å². The lowest BCUT2D eigenvalue weighted by Crippen LogP contribution is -2.27. The number of aliphatic hydroxyl groups excluding tert-OH is 1. The molecule has 0 aliphatic rings. The molecule has 7 heteroatoms. The lowest BCUT2D eigenvalue weighted by Gasteiger charge is -2.20.